The highest BCUT2D eigenvalue weighted by molar-refractivity contribution is 8.03. The van der Waals surface area contributed by atoms with E-state index in [1.54, 1.807) is 16.7 Å². The standard InChI is InChI=1S/C23H23N3OS/c1-2-17-8-10-19(11-9-17)20-12-22(27)26-15-25(14-18-6-4-3-5-7-18)16-28-23(26)21(20)13-24/h3-11,20H,2,12,14-16H2,1H3/t20-/m0/s1. The van der Waals surface area contributed by atoms with Crippen LogP contribution in [-0.2, 0) is 17.8 Å². The molecule has 4 rings (SSSR count). The Morgan fingerprint density at radius 3 is 2.54 bits per heavy atom. The largest absolute Gasteiger partial charge is 0.292 e. The fraction of sp³-hybridized carbons (Fsp3) is 0.304. The van der Waals surface area contributed by atoms with Gasteiger partial charge in [-0.15, -0.1) is 0 Å². The van der Waals surface area contributed by atoms with Gasteiger partial charge in [-0.2, -0.15) is 5.26 Å². The third-order valence-electron chi connectivity index (χ3n) is 5.39. The fourth-order valence-corrected chi connectivity index (χ4v) is 4.96. The molecule has 1 atom stereocenters. The number of nitrogens with zero attached hydrogens (tertiary/aromatic N) is 3. The van der Waals surface area contributed by atoms with Crippen LogP contribution in [0, 0.1) is 11.3 Å². The number of fused-ring (bicyclic) bond motifs is 1. The Kier molecular flexibility index (Phi) is 5.52. The van der Waals surface area contributed by atoms with Crippen LogP contribution in [0.3, 0.4) is 0 Å². The topological polar surface area (TPSA) is 47.3 Å². The van der Waals surface area contributed by atoms with Gasteiger partial charge in [0.05, 0.1) is 29.2 Å². The van der Waals surface area contributed by atoms with Gasteiger partial charge in [0.2, 0.25) is 5.91 Å². The molecule has 1 amide bonds. The summed E-state index contributed by atoms with van der Waals surface area (Å²) in [6.45, 7) is 3.47. The predicted octanol–water partition coefficient (Wildman–Crippen LogP) is 4.46. The fourth-order valence-electron chi connectivity index (χ4n) is 3.82. The molecule has 1 fully saturated rings. The number of hydrogen-bond donors (Lipinski definition) is 0. The number of hydrogen-bond acceptors (Lipinski definition) is 4. The van der Waals surface area contributed by atoms with Crippen LogP contribution >= 0.6 is 11.8 Å². The van der Waals surface area contributed by atoms with Crippen molar-refractivity contribution in [2.24, 2.45) is 0 Å². The third kappa shape index (κ3) is 3.71. The maximum Gasteiger partial charge on any atom is 0.229 e. The predicted molar refractivity (Wildman–Crippen MR) is 112 cm³/mol. The molecule has 28 heavy (non-hydrogen) atoms. The second-order valence-electron chi connectivity index (χ2n) is 7.23. The van der Waals surface area contributed by atoms with Crippen molar-refractivity contribution in [2.75, 3.05) is 12.5 Å². The molecule has 2 heterocycles. The molecule has 1 saturated heterocycles. The SMILES string of the molecule is CCc1ccc([C@@H]2CC(=O)N3CN(Cc4ccccc4)CSC3=C2C#N)cc1. The number of allylic oxidation sites excluding steroid dienone is 1. The van der Waals surface area contributed by atoms with E-state index in [4.69, 9.17) is 0 Å². The van der Waals surface area contributed by atoms with Gasteiger partial charge in [-0.3, -0.25) is 14.6 Å². The van der Waals surface area contributed by atoms with Crippen LogP contribution in [0.25, 0.3) is 0 Å². The Hall–Kier alpha value is -2.55. The zero-order valence-corrected chi connectivity index (χ0v) is 16.8. The number of amides is 1. The van der Waals surface area contributed by atoms with Crippen LogP contribution in [0.2, 0.25) is 0 Å². The summed E-state index contributed by atoms with van der Waals surface area (Å²) in [6, 6.07) is 21.0. The molecule has 2 aromatic carbocycles. The van der Waals surface area contributed by atoms with Crippen molar-refractivity contribution in [3.8, 4) is 6.07 Å². The first-order chi connectivity index (χ1) is 13.7. The number of benzene rings is 2. The minimum Gasteiger partial charge on any atom is -0.292 e. The molecular formula is C23H23N3OS. The second-order valence-corrected chi connectivity index (χ2v) is 8.17. The molecule has 0 spiro atoms. The number of carbonyl (C=O) groups is 1. The van der Waals surface area contributed by atoms with E-state index in [1.165, 1.54) is 11.1 Å². The average molecular weight is 390 g/mol. The van der Waals surface area contributed by atoms with Gasteiger partial charge < -0.3 is 0 Å². The molecule has 0 radical (unpaired) electrons. The summed E-state index contributed by atoms with van der Waals surface area (Å²) in [5.41, 5.74) is 4.28. The lowest BCUT2D eigenvalue weighted by Gasteiger charge is -2.41. The molecular weight excluding hydrogens is 366 g/mol. The molecule has 0 bridgehead atoms. The first-order valence-corrected chi connectivity index (χ1v) is 10.6. The zero-order chi connectivity index (χ0) is 19.5. The lowest BCUT2D eigenvalue weighted by molar-refractivity contribution is -0.131. The lowest BCUT2D eigenvalue weighted by Crippen LogP contribution is -2.46. The first kappa shape index (κ1) is 18.8. The Bertz CT molecular complexity index is 931. The maximum atomic E-state index is 12.9. The minimum atomic E-state index is -0.136. The molecule has 0 aromatic heterocycles. The molecule has 5 heteroatoms. The number of nitriles is 1. The quantitative estimate of drug-likeness (QED) is 0.774. The van der Waals surface area contributed by atoms with Gasteiger partial charge in [-0.1, -0.05) is 73.3 Å². The lowest BCUT2D eigenvalue weighted by atomic mass is 9.86. The number of carbonyl (C=O) groups excluding carboxylic acids is 1. The van der Waals surface area contributed by atoms with E-state index in [0.29, 0.717) is 13.1 Å². The number of thioether (sulfide) groups is 1. The zero-order valence-electron chi connectivity index (χ0n) is 16.0. The van der Waals surface area contributed by atoms with Crippen LogP contribution in [0.5, 0.6) is 0 Å². The van der Waals surface area contributed by atoms with Crippen molar-refractivity contribution >= 4 is 17.7 Å². The van der Waals surface area contributed by atoms with Gasteiger partial charge in [0.15, 0.2) is 0 Å². The van der Waals surface area contributed by atoms with Crippen LogP contribution in [0.4, 0.5) is 0 Å². The monoisotopic (exact) mass is 389 g/mol. The van der Waals surface area contributed by atoms with E-state index >= 15 is 0 Å². The van der Waals surface area contributed by atoms with Crippen LogP contribution < -0.4 is 0 Å². The molecule has 0 aliphatic carbocycles. The summed E-state index contributed by atoms with van der Waals surface area (Å²) >= 11 is 1.61. The van der Waals surface area contributed by atoms with E-state index in [-0.39, 0.29) is 11.8 Å². The van der Waals surface area contributed by atoms with Crippen molar-refractivity contribution in [3.05, 3.63) is 81.9 Å². The normalized spacial score (nSPS) is 20.1. The molecule has 0 unspecified atom stereocenters. The van der Waals surface area contributed by atoms with Gasteiger partial charge >= 0.3 is 0 Å². The van der Waals surface area contributed by atoms with E-state index in [2.05, 4.69) is 54.3 Å². The van der Waals surface area contributed by atoms with Gasteiger partial charge in [-0.25, -0.2) is 0 Å². The molecule has 2 aliphatic rings. The molecule has 0 saturated carbocycles. The van der Waals surface area contributed by atoms with Crippen molar-refractivity contribution < 1.29 is 4.79 Å². The highest BCUT2D eigenvalue weighted by atomic mass is 32.2. The summed E-state index contributed by atoms with van der Waals surface area (Å²) in [5.74, 6) is 0.743. The smallest absolute Gasteiger partial charge is 0.229 e. The van der Waals surface area contributed by atoms with E-state index in [0.717, 1.165) is 35.0 Å². The van der Waals surface area contributed by atoms with E-state index in [1.807, 2.05) is 18.2 Å². The van der Waals surface area contributed by atoms with Crippen molar-refractivity contribution in [1.29, 1.82) is 5.26 Å². The second kappa shape index (κ2) is 8.22. The van der Waals surface area contributed by atoms with Gasteiger partial charge in [0.1, 0.15) is 0 Å². The Morgan fingerprint density at radius 1 is 1.11 bits per heavy atom. The molecule has 2 aliphatic heterocycles. The van der Waals surface area contributed by atoms with Gasteiger partial charge in [0.25, 0.3) is 0 Å². The maximum absolute atomic E-state index is 12.9. The first-order valence-electron chi connectivity index (χ1n) is 9.62. The van der Waals surface area contributed by atoms with Crippen molar-refractivity contribution in [2.45, 2.75) is 32.2 Å². The number of aryl methyl sites for hydroxylation is 1. The summed E-state index contributed by atoms with van der Waals surface area (Å²) < 4.78 is 0. The van der Waals surface area contributed by atoms with Crippen LogP contribution in [0.1, 0.15) is 36.0 Å². The van der Waals surface area contributed by atoms with E-state index < -0.39 is 0 Å². The summed E-state index contributed by atoms with van der Waals surface area (Å²) in [5, 5.41) is 10.7. The minimum absolute atomic E-state index is 0.101. The van der Waals surface area contributed by atoms with Crippen molar-refractivity contribution in [1.82, 2.24) is 9.80 Å². The Labute approximate surface area is 170 Å². The van der Waals surface area contributed by atoms with Crippen LogP contribution in [0.15, 0.2) is 65.2 Å². The molecule has 142 valence electrons. The highest BCUT2D eigenvalue weighted by Gasteiger charge is 2.38. The summed E-state index contributed by atoms with van der Waals surface area (Å²) in [7, 11) is 0. The average Bonchev–Trinajstić information content (AvgIpc) is 2.75. The van der Waals surface area contributed by atoms with Crippen LogP contribution in [-0.4, -0.2) is 28.3 Å². The highest BCUT2D eigenvalue weighted by Crippen LogP contribution is 2.42. The Morgan fingerprint density at radius 2 is 1.86 bits per heavy atom. The molecule has 2 aromatic rings. The molecule has 4 nitrogen and oxygen atoms in total. The third-order valence-corrected chi connectivity index (χ3v) is 6.60. The van der Waals surface area contributed by atoms with Gasteiger partial charge in [0, 0.05) is 18.9 Å². The van der Waals surface area contributed by atoms with Gasteiger partial charge in [-0.05, 0) is 23.1 Å². The number of rotatable bonds is 4. The summed E-state index contributed by atoms with van der Waals surface area (Å²) in [6.07, 6.45) is 1.34. The van der Waals surface area contributed by atoms with E-state index in [9.17, 15) is 10.1 Å². The Balaban J connectivity index is 1.58. The van der Waals surface area contributed by atoms with Crippen molar-refractivity contribution in [3.63, 3.8) is 0 Å². The molecule has 0 N–H and O–H groups in total. The summed E-state index contributed by atoms with van der Waals surface area (Å²) in [4.78, 5) is 17.0.